The lowest BCUT2D eigenvalue weighted by Gasteiger charge is -2.06. The second-order valence-corrected chi connectivity index (χ2v) is 5.37. The van der Waals surface area contributed by atoms with Crippen LogP contribution in [0.2, 0.25) is 5.02 Å². The second kappa shape index (κ2) is 4.97. The van der Waals surface area contributed by atoms with Crippen molar-refractivity contribution >= 4 is 33.3 Å². The van der Waals surface area contributed by atoms with Crippen molar-refractivity contribution in [2.75, 3.05) is 0 Å². The molecule has 0 bridgehead atoms. The van der Waals surface area contributed by atoms with E-state index in [0.717, 1.165) is 10.8 Å². The topological polar surface area (TPSA) is 43.1 Å². The van der Waals surface area contributed by atoms with Gasteiger partial charge in [-0.15, -0.1) is 0 Å². The zero-order valence-electron chi connectivity index (χ0n) is 11.4. The quantitative estimate of drug-likeness (QED) is 0.480. The van der Waals surface area contributed by atoms with Gasteiger partial charge in [-0.05, 0) is 35.7 Å². The molecule has 0 amide bonds. The van der Waals surface area contributed by atoms with Gasteiger partial charge in [-0.2, -0.15) is 0 Å². The van der Waals surface area contributed by atoms with Gasteiger partial charge in [0.15, 0.2) is 0 Å². The fourth-order valence-corrected chi connectivity index (χ4v) is 2.88. The Balaban J connectivity index is 2.16. The van der Waals surface area contributed by atoms with Crippen LogP contribution >= 0.6 is 11.6 Å². The van der Waals surface area contributed by atoms with Crippen LogP contribution in [0.15, 0.2) is 70.2 Å². The summed E-state index contributed by atoms with van der Waals surface area (Å²) in [4.78, 5) is 17.1. The monoisotopic (exact) mass is 307 g/mol. The molecule has 3 nitrogen and oxygen atoms in total. The first-order valence-corrected chi connectivity index (χ1v) is 7.17. The van der Waals surface area contributed by atoms with Crippen molar-refractivity contribution in [2.45, 2.75) is 0 Å². The summed E-state index contributed by atoms with van der Waals surface area (Å²) in [6, 6.07) is 14.6. The van der Waals surface area contributed by atoms with E-state index in [1.807, 2.05) is 24.3 Å². The van der Waals surface area contributed by atoms with E-state index in [1.165, 1.54) is 6.26 Å². The molecule has 2 aromatic heterocycles. The van der Waals surface area contributed by atoms with Gasteiger partial charge in [0.1, 0.15) is 11.8 Å². The van der Waals surface area contributed by atoms with Gasteiger partial charge >= 0.3 is 0 Å². The van der Waals surface area contributed by atoms with Crippen LogP contribution < -0.4 is 5.43 Å². The Bertz CT molecular complexity index is 1060. The SMILES string of the molecule is O=c1c(-c2ccccn2)coc2ccc3c(Cl)cccc3c12. The number of hydrogen-bond acceptors (Lipinski definition) is 3. The van der Waals surface area contributed by atoms with Gasteiger partial charge in [-0.3, -0.25) is 9.78 Å². The first kappa shape index (κ1) is 13.0. The number of rotatable bonds is 1. The molecule has 22 heavy (non-hydrogen) atoms. The van der Waals surface area contributed by atoms with Gasteiger partial charge in [0.05, 0.1) is 16.6 Å². The molecule has 0 unspecified atom stereocenters. The molecule has 0 aliphatic heterocycles. The van der Waals surface area contributed by atoms with Crippen molar-refractivity contribution in [1.29, 1.82) is 0 Å². The van der Waals surface area contributed by atoms with E-state index in [9.17, 15) is 4.79 Å². The molecule has 0 saturated heterocycles. The average Bonchev–Trinajstić information content (AvgIpc) is 2.56. The summed E-state index contributed by atoms with van der Waals surface area (Å²) in [6.45, 7) is 0. The fourth-order valence-electron chi connectivity index (χ4n) is 2.64. The lowest BCUT2D eigenvalue weighted by Crippen LogP contribution is -2.06. The van der Waals surface area contributed by atoms with Crippen molar-refractivity contribution < 1.29 is 4.42 Å². The molecular formula is C18H10ClNO2. The van der Waals surface area contributed by atoms with Crippen molar-refractivity contribution in [3.05, 3.63) is 76.2 Å². The number of pyridine rings is 1. The molecule has 0 atom stereocenters. The number of fused-ring (bicyclic) bond motifs is 3. The molecular weight excluding hydrogens is 298 g/mol. The summed E-state index contributed by atoms with van der Waals surface area (Å²) in [7, 11) is 0. The predicted molar refractivity (Wildman–Crippen MR) is 88.2 cm³/mol. The Morgan fingerprint density at radius 2 is 1.86 bits per heavy atom. The highest BCUT2D eigenvalue weighted by molar-refractivity contribution is 6.36. The van der Waals surface area contributed by atoms with Gasteiger partial charge < -0.3 is 4.42 Å². The average molecular weight is 308 g/mol. The molecule has 2 heterocycles. The van der Waals surface area contributed by atoms with Crippen molar-refractivity contribution in [2.24, 2.45) is 0 Å². The Morgan fingerprint density at radius 3 is 2.68 bits per heavy atom. The Hall–Kier alpha value is -2.65. The molecule has 0 spiro atoms. The fraction of sp³-hybridized carbons (Fsp3) is 0. The van der Waals surface area contributed by atoms with Crippen LogP contribution in [0.1, 0.15) is 0 Å². The number of aromatic nitrogens is 1. The smallest absolute Gasteiger partial charge is 0.202 e. The van der Waals surface area contributed by atoms with Gasteiger partial charge in [0.2, 0.25) is 5.43 Å². The van der Waals surface area contributed by atoms with E-state index in [4.69, 9.17) is 16.0 Å². The lowest BCUT2D eigenvalue weighted by molar-refractivity contribution is 0.605. The molecule has 106 valence electrons. The Morgan fingerprint density at radius 1 is 0.955 bits per heavy atom. The standard InChI is InChI=1S/C18H10ClNO2/c19-14-5-3-4-12-11(14)7-8-16-17(12)18(21)13(10-22-16)15-6-1-2-9-20-15/h1-10H. The van der Waals surface area contributed by atoms with Crippen molar-refractivity contribution in [1.82, 2.24) is 4.98 Å². The van der Waals surface area contributed by atoms with E-state index < -0.39 is 0 Å². The van der Waals surface area contributed by atoms with E-state index in [1.54, 1.807) is 30.5 Å². The van der Waals surface area contributed by atoms with Crippen LogP contribution in [0.25, 0.3) is 33.0 Å². The van der Waals surface area contributed by atoms with Gasteiger partial charge in [-0.25, -0.2) is 0 Å². The van der Waals surface area contributed by atoms with E-state index in [0.29, 0.717) is 27.2 Å². The number of benzene rings is 2. The molecule has 4 heteroatoms. The summed E-state index contributed by atoms with van der Waals surface area (Å²) in [5.41, 5.74) is 1.48. The van der Waals surface area contributed by atoms with Crippen LogP contribution in [0.3, 0.4) is 0 Å². The van der Waals surface area contributed by atoms with Crippen LogP contribution in [0.4, 0.5) is 0 Å². The number of halogens is 1. The molecule has 0 radical (unpaired) electrons. The van der Waals surface area contributed by atoms with Gasteiger partial charge in [0.25, 0.3) is 0 Å². The van der Waals surface area contributed by atoms with E-state index >= 15 is 0 Å². The normalized spacial score (nSPS) is 11.1. The van der Waals surface area contributed by atoms with Gasteiger partial charge in [0, 0.05) is 16.6 Å². The maximum atomic E-state index is 12.9. The zero-order valence-corrected chi connectivity index (χ0v) is 12.2. The van der Waals surface area contributed by atoms with Crippen LogP contribution in [0, 0.1) is 0 Å². The molecule has 0 saturated carbocycles. The summed E-state index contributed by atoms with van der Waals surface area (Å²) in [6.07, 6.45) is 3.11. The van der Waals surface area contributed by atoms with Crippen LogP contribution in [-0.4, -0.2) is 4.98 Å². The molecule has 2 aromatic carbocycles. The summed E-state index contributed by atoms with van der Waals surface area (Å²) < 4.78 is 5.64. The Kier molecular flexibility index (Phi) is 2.94. The molecule has 4 rings (SSSR count). The first-order chi connectivity index (χ1) is 10.8. The van der Waals surface area contributed by atoms with Crippen molar-refractivity contribution in [3.63, 3.8) is 0 Å². The number of nitrogens with zero attached hydrogens (tertiary/aromatic N) is 1. The minimum Gasteiger partial charge on any atom is -0.463 e. The highest BCUT2D eigenvalue weighted by Gasteiger charge is 2.13. The van der Waals surface area contributed by atoms with E-state index in [2.05, 4.69) is 4.98 Å². The summed E-state index contributed by atoms with van der Waals surface area (Å²) >= 11 is 6.22. The van der Waals surface area contributed by atoms with E-state index in [-0.39, 0.29) is 5.43 Å². The number of hydrogen-bond donors (Lipinski definition) is 0. The minimum absolute atomic E-state index is 0.104. The summed E-state index contributed by atoms with van der Waals surface area (Å²) in [5.74, 6) is 0. The molecule has 0 aliphatic rings. The highest BCUT2D eigenvalue weighted by Crippen LogP contribution is 2.29. The molecule has 0 aliphatic carbocycles. The third-order valence-electron chi connectivity index (χ3n) is 3.69. The third-order valence-corrected chi connectivity index (χ3v) is 4.02. The Labute approximate surface area is 130 Å². The molecule has 4 aromatic rings. The first-order valence-electron chi connectivity index (χ1n) is 6.80. The second-order valence-electron chi connectivity index (χ2n) is 4.97. The van der Waals surface area contributed by atoms with Crippen LogP contribution in [0.5, 0.6) is 0 Å². The maximum Gasteiger partial charge on any atom is 0.202 e. The molecule has 0 N–H and O–H groups in total. The lowest BCUT2D eigenvalue weighted by atomic mass is 10.0. The predicted octanol–water partition coefficient (Wildman–Crippen LogP) is 4.66. The largest absolute Gasteiger partial charge is 0.463 e. The maximum absolute atomic E-state index is 12.9. The molecule has 0 fully saturated rings. The summed E-state index contributed by atoms with van der Waals surface area (Å²) in [5, 5.41) is 2.77. The van der Waals surface area contributed by atoms with Gasteiger partial charge in [-0.1, -0.05) is 29.8 Å². The van der Waals surface area contributed by atoms with Crippen LogP contribution in [-0.2, 0) is 0 Å². The van der Waals surface area contributed by atoms with Crippen molar-refractivity contribution in [3.8, 4) is 11.3 Å². The third kappa shape index (κ3) is 1.90. The zero-order chi connectivity index (χ0) is 15.1. The minimum atomic E-state index is -0.104. The highest BCUT2D eigenvalue weighted by atomic mass is 35.5.